The summed E-state index contributed by atoms with van der Waals surface area (Å²) in [4.78, 5) is 2.54. The van der Waals surface area contributed by atoms with Crippen LogP contribution in [0.4, 0.5) is 11.4 Å². The van der Waals surface area contributed by atoms with Gasteiger partial charge in [0, 0.05) is 28.4 Å². The molecule has 0 unspecified atom stereocenters. The van der Waals surface area contributed by atoms with Crippen molar-refractivity contribution in [3.63, 3.8) is 0 Å². The van der Waals surface area contributed by atoms with Gasteiger partial charge in [-0.25, -0.2) is 0 Å². The lowest BCUT2D eigenvalue weighted by Gasteiger charge is -2.34. The monoisotopic (exact) mass is 431 g/mol. The molecule has 1 heteroatoms. The molecule has 0 saturated carbocycles. The van der Waals surface area contributed by atoms with Crippen LogP contribution in [-0.4, -0.2) is 6.04 Å². The summed E-state index contributed by atoms with van der Waals surface area (Å²) in [6, 6.07) is 33.6. The van der Waals surface area contributed by atoms with Gasteiger partial charge in [0.25, 0.3) is 0 Å². The van der Waals surface area contributed by atoms with Crippen LogP contribution in [0, 0.1) is 0 Å². The first-order chi connectivity index (χ1) is 15.9. The number of benzene rings is 4. The molecule has 0 spiro atoms. The summed E-state index contributed by atoms with van der Waals surface area (Å²) in [6.45, 7) is 11.6. The molecule has 0 N–H and O–H groups in total. The van der Waals surface area contributed by atoms with Crippen LogP contribution in [0.15, 0.2) is 91.0 Å². The zero-order chi connectivity index (χ0) is 23.2. The fourth-order valence-electron chi connectivity index (χ4n) is 5.67. The molecule has 0 saturated heterocycles. The van der Waals surface area contributed by atoms with Crippen molar-refractivity contribution in [1.29, 1.82) is 0 Å². The smallest absolute Gasteiger partial charge is 0.0492 e. The molecule has 0 aliphatic heterocycles. The fraction of sp³-hybridized carbons (Fsp3) is 0.250. The van der Waals surface area contributed by atoms with E-state index in [0.29, 0.717) is 6.04 Å². The van der Waals surface area contributed by atoms with Crippen LogP contribution in [0.5, 0.6) is 0 Å². The Morgan fingerprint density at radius 2 is 1.30 bits per heavy atom. The first kappa shape index (κ1) is 21.5. The predicted octanol–water partition coefficient (Wildman–Crippen LogP) is 8.77. The number of anilines is 2. The quantitative estimate of drug-likeness (QED) is 0.305. The average molecular weight is 432 g/mol. The van der Waals surface area contributed by atoms with Crippen molar-refractivity contribution in [1.82, 2.24) is 0 Å². The van der Waals surface area contributed by atoms with E-state index in [1.165, 1.54) is 50.3 Å². The maximum Gasteiger partial charge on any atom is 0.0492 e. The van der Waals surface area contributed by atoms with Gasteiger partial charge in [-0.05, 0) is 65.8 Å². The van der Waals surface area contributed by atoms with E-state index in [1.807, 2.05) is 0 Å². The van der Waals surface area contributed by atoms with Gasteiger partial charge in [0.05, 0.1) is 0 Å². The summed E-state index contributed by atoms with van der Waals surface area (Å²) < 4.78 is 0. The third-order valence-electron chi connectivity index (χ3n) is 7.21. The van der Waals surface area contributed by atoms with Gasteiger partial charge in [-0.2, -0.15) is 0 Å². The molecule has 0 aromatic heterocycles. The molecule has 0 fully saturated rings. The molecule has 1 aliphatic rings. The molecule has 0 atom stereocenters. The molecule has 166 valence electrons. The Morgan fingerprint density at radius 3 is 2.00 bits per heavy atom. The molecule has 1 aliphatic carbocycles. The largest absolute Gasteiger partial charge is 0.338 e. The van der Waals surface area contributed by atoms with Crippen LogP contribution < -0.4 is 4.90 Å². The fourth-order valence-corrected chi connectivity index (χ4v) is 5.67. The third-order valence-corrected chi connectivity index (χ3v) is 7.21. The highest BCUT2D eigenvalue weighted by molar-refractivity contribution is 5.90. The van der Waals surface area contributed by atoms with Gasteiger partial charge in [-0.3, -0.25) is 0 Å². The zero-order valence-electron chi connectivity index (χ0n) is 20.4. The number of hydrogen-bond acceptors (Lipinski definition) is 1. The normalized spacial score (nSPS) is 13.6. The second kappa shape index (κ2) is 8.23. The van der Waals surface area contributed by atoms with Gasteiger partial charge >= 0.3 is 0 Å². The lowest BCUT2D eigenvalue weighted by Crippen LogP contribution is -2.27. The van der Waals surface area contributed by atoms with E-state index < -0.39 is 0 Å². The summed E-state index contributed by atoms with van der Waals surface area (Å²) in [7, 11) is 0. The van der Waals surface area contributed by atoms with E-state index in [9.17, 15) is 0 Å². The first-order valence-electron chi connectivity index (χ1n) is 12.1. The van der Waals surface area contributed by atoms with Crippen molar-refractivity contribution in [2.24, 2.45) is 0 Å². The highest BCUT2D eigenvalue weighted by atomic mass is 15.2. The van der Waals surface area contributed by atoms with Crippen molar-refractivity contribution in [2.75, 3.05) is 4.90 Å². The van der Waals surface area contributed by atoms with Gasteiger partial charge < -0.3 is 4.90 Å². The summed E-state index contributed by atoms with van der Waals surface area (Å²) in [6.07, 6.45) is 1.000. The lowest BCUT2D eigenvalue weighted by molar-refractivity contribution is 0.659. The van der Waals surface area contributed by atoms with Crippen molar-refractivity contribution in [3.05, 3.63) is 108 Å². The number of rotatable bonds is 5. The van der Waals surface area contributed by atoms with E-state index in [4.69, 9.17) is 0 Å². The van der Waals surface area contributed by atoms with Crippen LogP contribution >= 0.6 is 0 Å². The Balaban J connectivity index is 1.76. The lowest BCUT2D eigenvalue weighted by atomic mass is 9.82. The molecular formula is C32H33N. The Kier molecular flexibility index (Phi) is 5.37. The molecule has 33 heavy (non-hydrogen) atoms. The van der Waals surface area contributed by atoms with Crippen molar-refractivity contribution >= 4 is 11.4 Å². The number of para-hydroxylation sites is 1. The van der Waals surface area contributed by atoms with Crippen LogP contribution in [0.2, 0.25) is 0 Å². The van der Waals surface area contributed by atoms with Crippen molar-refractivity contribution < 1.29 is 0 Å². The topological polar surface area (TPSA) is 3.24 Å². The summed E-state index contributed by atoms with van der Waals surface area (Å²) in [5, 5.41) is 0. The van der Waals surface area contributed by atoms with Crippen molar-refractivity contribution in [3.8, 4) is 22.3 Å². The summed E-state index contributed by atoms with van der Waals surface area (Å²) in [5.41, 5.74) is 12.3. The van der Waals surface area contributed by atoms with Crippen LogP contribution in [-0.2, 0) is 11.8 Å². The molecular weight excluding hydrogens is 398 g/mol. The second-order valence-corrected chi connectivity index (χ2v) is 9.86. The Hall–Kier alpha value is -3.32. The molecule has 0 bridgehead atoms. The van der Waals surface area contributed by atoms with Crippen molar-refractivity contribution in [2.45, 2.75) is 52.5 Å². The molecule has 4 aromatic carbocycles. The second-order valence-electron chi connectivity index (χ2n) is 9.86. The number of nitrogens with zero attached hydrogens (tertiary/aromatic N) is 1. The van der Waals surface area contributed by atoms with Crippen LogP contribution in [0.3, 0.4) is 0 Å². The first-order valence-corrected chi connectivity index (χ1v) is 12.1. The van der Waals surface area contributed by atoms with Gasteiger partial charge in [0.15, 0.2) is 0 Å². The molecule has 0 radical (unpaired) electrons. The van der Waals surface area contributed by atoms with Gasteiger partial charge in [-0.15, -0.1) is 0 Å². The molecule has 0 heterocycles. The van der Waals surface area contributed by atoms with Gasteiger partial charge in [-0.1, -0.05) is 99.6 Å². The van der Waals surface area contributed by atoms with E-state index in [1.54, 1.807) is 0 Å². The van der Waals surface area contributed by atoms with Crippen LogP contribution in [0.1, 0.15) is 51.3 Å². The molecule has 1 nitrogen and oxygen atoms in total. The minimum absolute atomic E-state index is 0.0268. The molecule has 4 aromatic rings. The van der Waals surface area contributed by atoms with Gasteiger partial charge in [0.2, 0.25) is 0 Å². The zero-order valence-corrected chi connectivity index (χ0v) is 20.4. The maximum atomic E-state index is 2.54. The maximum absolute atomic E-state index is 2.54. The predicted molar refractivity (Wildman–Crippen MR) is 143 cm³/mol. The number of fused-ring (bicyclic) bond motifs is 3. The standard InChI is InChI=1S/C32H33N/c1-6-24-30(21-20-28-31(24)26-17-10-12-18-27(26)32(28,4)5)33(22(2)3)29-19-13-11-16-25(29)23-14-8-7-9-15-23/h7-22H,6H2,1-5H3. The minimum atomic E-state index is 0.0268. The average Bonchev–Trinajstić information content (AvgIpc) is 3.07. The highest BCUT2D eigenvalue weighted by Crippen LogP contribution is 2.52. The Labute approximate surface area is 198 Å². The SMILES string of the molecule is CCc1c(N(c2ccccc2-c2ccccc2)C(C)C)ccc2c1-c1ccccc1C2(C)C. The van der Waals surface area contributed by atoms with E-state index in [0.717, 1.165) is 6.42 Å². The molecule has 5 rings (SSSR count). The van der Waals surface area contributed by atoms with E-state index >= 15 is 0 Å². The minimum Gasteiger partial charge on any atom is -0.338 e. The van der Waals surface area contributed by atoms with E-state index in [2.05, 4.69) is 131 Å². The van der Waals surface area contributed by atoms with Gasteiger partial charge in [0.1, 0.15) is 0 Å². The third kappa shape index (κ3) is 3.38. The summed E-state index contributed by atoms with van der Waals surface area (Å²) >= 11 is 0. The molecule has 0 amide bonds. The number of hydrogen-bond donors (Lipinski definition) is 0. The highest BCUT2D eigenvalue weighted by Gasteiger charge is 2.37. The Morgan fingerprint density at radius 1 is 0.667 bits per heavy atom. The summed E-state index contributed by atoms with van der Waals surface area (Å²) in [5.74, 6) is 0. The van der Waals surface area contributed by atoms with E-state index in [-0.39, 0.29) is 5.41 Å². The Bertz CT molecular complexity index is 1300. The van der Waals surface area contributed by atoms with Crippen LogP contribution in [0.25, 0.3) is 22.3 Å².